The minimum Gasteiger partial charge on any atom is -0.444 e. The highest BCUT2D eigenvalue weighted by molar-refractivity contribution is 5.69. The number of amides is 1. The third kappa shape index (κ3) is 2.88. The van der Waals surface area contributed by atoms with Crippen LogP contribution in [-0.2, 0) is 4.74 Å². The lowest BCUT2D eigenvalue weighted by Crippen LogP contribution is -2.63. The molecule has 110 valence electrons. The molecule has 0 bridgehead atoms. The number of piperidine rings is 1. The van der Waals surface area contributed by atoms with Gasteiger partial charge < -0.3 is 14.7 Å². The zero-order chi connectivity index (χ0) is 14.3. The second kappa shape index (κ2) is 4.97. The molecule has 2 rings (SSSR count). The highest BCUT2D eigenvalue weighted by Crippen LogP contribution is 2.44. The Hall–Kier alpha value is -0.770. The van der Waals surface area contributed by atoms with Crippen molar-refractivity contribution in [2.45, 2.75) is 77.0 Å². The quantitative estimate of drug-likeness (QED) is 0.735. The summed E-state index contributed by atoms with van der Waals surface area (Å²) in [5.74, 6) is 0.197. The molecule has 0 aromatic carbocycles. The maximum atomic E-state index is 12.4. The molecule has 1 aliphatic heterocycles. The van der Waals surface area contributed by atoms with Gasteiger partial charge >= 0.3 is 6.09 Å². The molecule has 2 fully saturated rings. The molecule has 1 N–H and O–H groups in total. The highest BCUT2D eigenvalue weighted by Gasteiger charge is 2.50. The molecule has 0 spiro atoms. The first-order chi connectivity index (χ1) is 8.74. The van der Waals surface area contributed by atoms with Crippen LogP contribution in [0.1, 0.15) is 59.8 Å². The van der Waals surface area contributed by atoms with Crippen LogP contribution in [-0.4, -0.2) is 39.9 Å². The monoisotopic (exact) mass is 269 g/mol. The van der Waals surface area contributed by atoms with E-state index in [1.165, 1.54) is 0 Å². The van der Waals surface area contributed by atoms with Gasteiger partial charge in [-0.3, -0.25) is 0 Å². The molecular formula is C15H27NO3. The Morgan fingerprint density at radius 1 is 1.32 bits per heavy atom. The fourth-order valence-corrected chi connectivity index (χ4v) is 3.62. The van der Waals surface area contributed by atoms with Gasteiger partial charge in [-0.15, -0.1) is 0 Å². The van der Waals surface area contributed by atoms with Crippen molar-refractivity contribution in [3.8, 4) is 0 Å². The molecular weight excluding hydrogens is 242 g/mol. The third-order valence-corrected chi connectivity index (χ3v) is 4.59. The molecule has 1 saturated heterocycles. The molecule has 1 heterocycles. The van der Waals surface area contributed by atoms with Gasteiger partial charge in [-0.25, -0.2) is 4.79 Å². The molecule has 3 atom stereocenters. The molecule has 1 saturated carbocycles. The Kier molecular flexibility index (Phi) is 3.83. The molecule has 0 aromatic heterocycles. The minimum absolute atomic E-state index is 0.197. The second-order valence-corrected chi connectivity index (χ2v) is 7.20. The van der Waals surface area contributed by atoms with E-state index < -0.39 is 5.60 Å². The van der Waals surface area contributed by atoms with E-state index in [0.717, 1.165) is 25.7 Å². The van der Waals surface area contributed by atoms with E-state index in [0.29, 0.717) is 13.0 Å². The van der Waals surface area contributed by atoms with Crippen molar-refractivity contribution in [1.82, 2.24) is 4.90 Å². The summed E-state index contributed by atoms with van der Waals surface area (Å²) >= 11 is 0. The maximum absolute atomic E-state index is 12.4. The van der Waals surface area contributed by atoms with Crippen molar-refractivity contribution in [2.24, 2.45) is 5.92 Å². The molecule has 0 aromatic rings. The van der Waals surface area contributed by atoms with Gasteiger partial charge in [0.25, 0.3) is 0 Å². The van der Waals surface area contributed by atoms with E-state index in [2.05, 4.69) is 6.92 Å². The summed E-state index contributed by atoms with van der Waals surface area (Å²) < 4.78 is 5.53. The number of carbonyl (C=O) groups is 1. The normalized spacial score (nSPS) is 35.7. The smallest absolute Gasteiger partial charge is 0.410 e. The first-order valence-electron chi connectivity index (χ1n) is 7.43. The molecule has 3 unspecified atom stereocenters. The largest absolute Gasteiger partial charge is 0.444 e. The Bertz CT molecular complexity index is 350. The van der Waals surface area contributed by atoms with Crippen LogP contribution in [0.25, 0.3) is 0 Å². The molecule has 19 heavy (non-hydrogen) atoms. The molecule has 2 aliphatic rings. The van der Waals surface area contributed by atoms with Gasteiger partial charge in [0.1, 0.15) is 5.60 Å². The number of rotatable bonds is 0. The minimum atomic E-state index is -0.465. The van der Waals surface area contributed by atoms with Crippen molar-refractivity contribution >= 4 is 6.09 Å². The summed E-state index contributed by atoms with van der Waals surface area (Å²) in [6.07, 6.45) is 4.42. The number of nitrogens with zero attached hydrogens (tertiary/aromatic N) is 1. The van der Waals surface area contributed by atoms with E-state index in [9.17, 15) is 9.90 Å². The standard InChI is InChI=1S/C15H27NO3/c1-14(2,3)19-13(18)16-10-8-12(17)11-7-5-6-9-15(11,16)4/h11-12,17H,5-10H2,1-4H3. The average Bonchev–Trinajstić information content (AvgIpc) is 2.26. The van der Waals surface area contributed by atoms with E-state index in [-0.39, 0.29) is 23.7 Å². The molecule has 1 aliphatic carbocycles. The van der Waals surface area contributed by atoms with Gasteiger partial charge in [0, 0.05) is 18.0 Å². The summed E-state index contributed by atoms with van der Waals surface area (Å²) in [7, 11) is 0. The Morgan fingerprint density at radius 3 is 2.63 bits per heavy atom. The van der Waals surface area contributed by atoms with Gasteiger partial charge in [-0.1, -0.05) is 12.8 Å². The van der Waals surface area contributed by atoms with Crippen molar-refractivity contribution in [2.75, 3.05) is 6.54 Å². The third-order valence-electron chi connectivity index (χ3n) is 4.59. The van der Waals surface area contributed by atoms with Gasteiger partial charge in [-0.2, -0.15) is 0 Å². The first kappa shape index (κ1) is 14.6. The molecule has 4 nitrogen and oxygen atoms in total. The number of aliphatic hydroxyl groups is 1. The fraction of sp³-hybridized carbons (Fsp3) is 0.933. The van der Waals surface area contributed by atoms with Crippen LogP contribution in [0.4, 0.5) is 4.79 Å². The van der Waals surface area contributed by atoms with Crippen LogP contribution >= 0.6 is 0 Å². The SMILES string of the molecule is CC(C)(C)OC(=O)N1CCC(O)C2CCCCC21C. The lowest BCUT2D eigenvalue weighted by Gasteiger charge is -2.54. The Morgan fingerprint density at radius 2 is 2.00 bits per heavy atom. The summed E-state index contributed by atoms with van der Waals surface area (Å²) in [4.78, 5) is 14.3. The zero-order valence-corrected chi connectivity index (χ0v) is 12.6. The predicted molar refractivity (Wildman–Crippen MR) is 73.9 cm³/mol. The number of fused-ring (bicyclic) bond motifs is 1. The van der Waals surface area contributed by atoms with E-state index >= 15 is 0 Å². The second-order valence-electron chi connectivity index (χ2n) is 7.20. The number of hydrogen-bond acceptors (Lipinski definition) is 3. The van der Waals surface area contributed by atoms with Crippen LogP contribution in [0.15, 0.2) is 0 Å². The number of aliphatic hydroxyl groups excluding tert-OH is 1. The van der Waals surface area contributed by atoms with Crippen LogP contribution < -0.4 is 0 Å². The van der Waals surface area contributed by atoms with Crippen LogP contribution in [0, 0.1) is 5.92 Å². The number of carbonyl (C=O) groups excluding carboxylic acids is 1. The van der Waals surface area contributed by atoms with Crippen molar-refractivity contribution in [1.29, 1.82) is 0 Å². The van der Waals surface area contributed by atoms with Crippen LogP contribution in [0.2, 0.25) is 0 Å². The maximum Gasteiger partial charge on any atom is 0.410 e. The summed E-state index contributed by atoms with van der Waals surface area (Å²) in [6, 6.07) is 0. The number of hydrogen-bond donors (Lipinski definition) is 1. The zero-order valence-electron chi connectivity index (χ0n) is 12.6. The predicted octanol–water partition coefficient (Wildman–Crippen LogP) is 2.94. The molecule has 4 heteroatoms. The van der Waals surface area contributed by atoms with E-state index in [4.69, 9.17) is 4.74 Å². The summed E-state index contributed by atoms with van der Waals surface area (Å²) in [6.45, 7) is 8.39. The summed E-state index contributed by atoms with van der Waals surface area (Å²) in [5.41, 5.74) is -0.702. The summed E-state index contributed by atoms with van der Waals surface area (Å²) in [5, 5.41) is 10.2. The van der Waals surface area contributed by atoms with Crippen molar-refractivity contribution in [3.05, 3.63) is 0 Å². The Labute approximate surface area is 116 Å². The Balaban J connectivity index is 2.18. The molecule has 0 radical (unpaired) electrons. The lowest BCUT2D eigenvalue weighted by atomic mass is 9.67. The average molecular weight is 269 g/mol. The number of ether oxygens (including phenoxy) is 1. The van der Waals surface area contributed by atoms with Gasteiger partial charge in [0.05, 0.1) is 6.10 Å². The highest BCUT2D eigenvalue weighted by atomic mass is 16.6. The topological polar surface area (TPSA) is 49.8 Å². The lowest BCUT2D eigenvalue weighted by molar-refractivity contribution is -0.0916. The van der Waals surface area contributed by atoms with Crippen molar-refractivity contribution in [3.63, 3.8) is 0 Å². The van der Waals surface area contributed by atoms with E-state index in [1.807, 2.05) is 25.7 Å². The van der Waals surface area contributed by atoms with Gasteiger partial charge in [-0.05, 0) is 47.0 Å². The van der Waals surface area contributed by atoms with Gasteiger partial charge in [0.2, 0.25) is 0 Å². The van der Waals surface area contributed by atoms with Crippen LogP contribution in [0.3, 0.4) is 0 Å². The van der Waals surface area contributed by atoms with E-state index in [1.54, 1.807) is 0 Å². The van der Waals surface area contributed by atoms with Crippen LogP contribution in [0.5, 0.6) is 0 Å². The fourth-order valence-electron chi connectivity index (χ4n) is 3.62. The van der Waals surface area contributed by atoms with Crippen molar-refractivity contribution < 1.29 is 14.6 Å². The van der Waals surface area contributed by atoms with Gasteiger partial charge in [0.15, 0.2) is 0 Å². The number of likely N-dealkylation sites (tertiary alicyclic amines) is 1. The first-order valence-corrected chi connectivity index (χ1v) is 7.43. The molecule has 1 amide bonds.